The van der Waals surface area contributed by atoms with Gasteiger partial charge >= 0.3 is 0 Å². The Morgan fingerprint density at radius 3 is 2.50 bits per heavy atom. The Kier molecular flexibility index (Phi) is 2.55. The normalized spacial score (nSPS) is 15.0. The lowest BCUT2D eigenvalue weighted by atomic mass is 10.4. The van der Waals surface area contributed by atoms with Gasteiger partial charge in [-0.1, -0.05) is 0 Å². The Morgan fingerprint density at radius 1 is 1.17 bits per heavy atom. The van der Waals surface area contributed by atoms with Crippen molar-refractivity contribution in [1.82, 2.24) is 20.0 Å². The van der Waals surface area contributed by atoms with E-state index in [1.54, 1.807) is 10.8 Å². The van der Waals surface area contributed by atoms with Crippen molar-refractivity contribution in [2.75, 3.05) is 18.0 Å². The fraction of sp³-hybridized carbons (Fsp3) is 0.250. The maximum atomic E-state index is 13.0. The quantitative estimate of drug-likeness (QED) is 0.807. The van der Waals surface area contributed by atoms with Gasteiger partial charge in [0.1, 0.15) is 5.83 Å². The Labute approximate surface area is 104 Å². The highest BCUT2D eigenvalue weighted by Crippen LogP contribution is 2.18. The Bertz CT molecular complexity index is 587. The van der Waals surface area contributed by atoms with E-state index in [1.165, 1.54) is 0 Å². The molecule has 1 aliphatic rings. The molecule has 5 nitrogen and oxygen atoms in total. The molecule has 92 valence electrons. The van der Waals surface area contributed by atoms with Crippen LogP contribution in [0.15, 0.2) is 36.3 Å². The van der Waals surface area contributed by atoms with Crippen molar-refractivity contribution in [3.63, 3.8) is 0 Å². The molecule has 2 aromatic rings. The van der Waals surface area contributed by atoms with Gasteiger partial charge < -0.3 is 4.90 Å². The van der Waals surface area contributed by atoms with E-state index < -0.39 is 0 Å². The highest BCUT2D eigenvalue weighted by Gasteiger charge is 2.15. The number of halogens is 1. The number of aromatic nitrogens is 4. The third-order valence-corrected chi connectivity index (χ3v) is 2.79. The molecule has 0 N–H and O–H groups in total. The molecule has 2 aromatic heterocycles. The van der Waals surface area contributed by atoms with Gasteiger partial charge in [0, 0.05) is 12.7 Å². The molecule has 6 heteroatoms. The van der Waals surface area contributed by atoms with Crippen LogP contribution in [0.1, 0.15) is 5.69 Å². The van der Waals surface area contributed by atoms with Gasteiger partial charge in [0.25, 0.3) is 0 Å². The van der Waals surface area contributed by atoms with Crippen LogP contribution in [0.2, 0.25) is 0 Å². The van der Waals surface area contributed by atoms with Crippen LogP contribution in [0.4, 0.5) is 10.2 Å². The van der Waals surface area contributed by atoms with E-state index in [2.05, 4.69) is 15.3 Å². The summed E-state index contributed by atoms with van der Waals surface area (Å²) in [7, 11) is 0. The molecule has 0 spiro atoms. The van der Waals surface area contributed by atoms with Crippen LogP contribution in [-0.2, 0) is 0 Å². The summed E-state index contributed by atoms with van der Waals surface area (Å²) < 4.78 is 14.6. The molecular formula is C12H12FN5. The summed E-state index contributed by atoms with van der Waals surface area (Å²) in [6, 6.07) is 5.55. The second-order valence-corrected chi connectivity index (χ2v) is 4.18. The monoisotopic (exact) mass is 245 g/mol. The summed E-state index contributed by atoms with van der Waals surface area (Å²) >= 11 is 0. The van der Waals surface area contributed by atoms with Gasteiger partial charge in [-0.2, -0.15) is 5.10 Å². The maximum Gasteiger partial charge on any atom is 0.175 e. The highest BCUT2D eigenvalue weighted by molar-refractivity contribution is 5.44. The predicted octanol–water partition coefficient (Wildman–Crippen LogP) is 1.64. The molecule has 0 saturated heterocycles. The van der Waals surface area contributed by atoms with E-state index >= 15 is 0 Å². The largest absolute Gasteiger partial charge is 0.345 e. The van der Waals surface area contributed by atoms with Crippen LogP contribution < -0.4 is 4.90 Å². The molecule has 0 atom stereocenters. The smallest absolute Gasteiger partial charge is 0.175 e. The topological polar surface area (TPSA) is 46.8 Å². The molecule has 0 bridgehead atoms. The molecule has 0 aliphatic carbocycles. The van der Waals surface area contributed by atoms with E-state index in [4.69, 9.17) is 0 Å². The summed E-state index contributed by atoms with van der Waals surface area (Å²) in [6.45, 7) is 2.73. The SMILES string of the molecule is Cc1ccn(-c2ccc(N3CC=C(F)C3)nn2)n1. The highest BCUT2D eigenvalue weighted by atomic mass is 19.1. The first-order chi connectivity index (χ1) is 8.72. The van der Waals surface area contributed by atoms with Gasteiger partial charge in [-0.05, 0) is 31.2 Å². The molecule has 0 aromatic carbocycles. The number of anilines is 1. The van der Waals surface area contributed by atoms with Gasteiger partial charge in [-0.15, -0.1) is 10.2 Å². The van der Waals surface area contributed by atoms with Crippen LogP contribution in [0.5, 0.6) is 0 Å². The maximum absolute atomic E-state index is 13.0. The van der Waals surface area contributed by atoms with Crippen LogP contribution in [0.25, 0.3) is 5.82 Å². The molecule has 18 heavy (non-hydrogen) atoms. The zero-order valence-electron chi connectivity index (χ0n) is 9.91. The molecule has 3 rings (SSSR count). The Morgan fingerprint density at radius 2 is 1.94 bits per heavy atom. The standard InChI is InChI=1S/C12H12FN5/c1-9-4-7-18(16-9)12-3-2-11(14-15-12)17-6-5-10(13)8-17/h2-5,7H,6,8H2,1H3. The summed E-state index contributed by atoms with van der Waals surface area (Å²) in [5.74, 6) is 1.20. The lowest BCUT2D eigenvalue weighted by Gasteiger charge is -2.15. The average Bonchev–Trinajstić information content (AvgIpc) is 2.98. The summed E-state index contributed by atoms with van der Waals surface area (Å²) in [5, 5.41) is 12.4. The first-order valence-corrected chi connectivity index (χ1v) is 5.68. The van der Waals surface area contributed by atoms with Crippen molar-refractivity contribution < 1.29 is 4.39 Å². The number of rotatable bonds is 2. The zero-order chi connectivity index (χ0) is 12.5. The fourth-order valence-electron chi connectivity index (χ4n) is 1.85. The van der Waals surface area contributed by atoms with Gasteiger partial charge in [-0.25, -0.2) is 9.07 Å². The van der Waals surface area contributed by atoms with Crippen molar-refractivity contribution in [2.24, 2.45) is 0 Å². The molecule has 0 fully saturated rings. The van der Waals surface area contributed by atoms with Crippen molar-refractivity contribution in [3.8, 4) is 5.82 Å². The summed E-state index contributed by atoms with van der Waals surface area (Å²) in [4.78, 5) is 1.82. The van der Waals surface area contributed by atoms with Gasteiger partial charge in [-0.3, -0.25) is 0 Å². The van der Waals surface area contributed by atoms with Gasteiger partial charge in [0.2, 0.25) is 0 Å². The molecule has 1 aliphatic heterocycles. The minimum Gasteiger partial charge on any atom is -0.345 e. The van der Waals surface area contributed by atoms with Crippen molar-refractivity contribution in [3.05, 3.63) is 42.0 Å². The Balaban J connectivity index is 1.81. The molecule has 0 amide bonds. The minimum absolute atomic E-state index is 0.122. The van der Waals surface area contributed by atoms with Crippen molar-refractivity contribution in [2.45, 2.75) is 6.92 Å². The third kappa shape index (κ3) is 1.97. The lowest BCUT2D eigenvalue weighted by Crippen LogP contribution is -2.21. The summed E-state index contributed by atoms with van der Waals surface area (Å²) in [6.07, 6.45) is 3.38. The Hall–Kier alpha value is -2.24. The molecule has 0 radical (unpaired) electrons. The minimum atomic E-state index is -0.122. The van der Waals surface area contributed by atoms with Crippen LogP contribution in [-0.4, -0.2) is 33.1 Å². The molecular weight excluding hydrogens is 233 g/mol. The number of nitrogens with zero attached hydrogens (tertiary/aromatic N) is 5. The van der Waals surface area contributed by atoms with Gasteiger partial charge in [0.05, 0.1) is 12.2 Å². The van der Waals surface area contributed by atoms with E-state index in [-0.39, 0.29) is 12.4 Å². The second-order valence-electron chi connectivity index (χ2n) is 4.18. The van der Waals surface area contributed by atoms with Crippen LogP contribution in [0, 0.1) is 6.92 Å². The lowest BCUT2D eigenvalue weighted by molar-refractivity contribution is 0.625. The second kappa shape index (κ2) is 4.21. The van der Waals surface area contributed by atoms with Crippen LogP contribution in [0.3, 0.4) is 0 Å². The van der Waals surface area contributed by atoms with E-state index in [1.807, 2.05) is 36.2 Å². The van der Waals surface area contributed by atoms with Gasteiger partial charge in [0.15, 0.2) is 11.6 Å². The number of hydrogen-bond donors (Lipinski definition) is 0. The number of hydrogen-bond acceptors (Lipinski definition) is 4. The van der Waals surface area contributed by atoms with E-state index in [0.29, 0.717) is 18.2 Å². The van der Waals surface area contributed by atoms with Crippen molar-refractivity contribution >= 4 is 5.82 Å². The number of aryl methyl sites for hydroxylation is 1. The predicted molar refractivity (Wildman–Crippen MR) is 65.3 cm³/mol. The molecule has 0 saturated carbocycles. The first kappa shape index (κ1) is 10.9. The van der Waals surface area contributed by atoms with E-state index in [9.17, 15) is 4.39 Å². The summed E-state index contributed by atoms with van der Waals surface area (Å²) in [5.41, 5.74) is 0.923. The molecule has 3 heterocycles. The average molecular weight is 245 g/mol. The fourth-order valence-corrected chi connectivity index (χ4v) is 1.85. The zero-order valence-corrected chi connectivity index (χ0v) is 9.91. The third-order valence-electron chi connectivity index (χ3n) is 2.79. The first-order valence-electron chi connectivity index (χ1n) is 5.68. The van der Waals surface area contributed by atoms with Crippen LogP contribution >= 0.6 is 0 Å². The molecule has 0 unspecified atom stereocenters. The van der Waals surface area contributed by atoms with E-state index in [0.717, 1.165) is 5.69 Å². The van der Waals surface area contributed by atoms with Crippen molar-refractivity contribution in [1.29, 1.82) is 0 Å².